The molecule has 0 saturated heterocycles. The van der Waals surface area contributed by atoms with Crippen LogP contribution in [-0.2, 0) is 14.3 Å². The number of rotatable bonds is 5. The Morgan fingerprint density at radius 1 is 0.970 bits per heavy atom. The van der Waals surface area contributed by atoms with Gasteiger partial charge in [0.05, 0.1) is 5.92 Å². The van der Waals surface area contributed by atoms with Gasteiger partial charge in [-0.15, -0.1) is 0 Å². The molecule has 4 saturated carbocycles. The van der Waals surface area contributed by atoms with E-state index < -0.39 is 0 Å². The summed E-state index contributed by atoms with van der Waals surface area (Å²) in [5.74, 6) is 3.55. The predicted molar refractivity (Wildman–Crippen MR) is 132 cm³/mol. The Morgan fingerprint density at radius 3 is 2.52 bits per heavy atom. The molecule has 184 valence electrons. The van der Waals surface area contributed by atoms with E-state index in [2.05, 4.69) is 20.8 Å². The largest absolute Gasteiger partial charge is 0.462 e. The van der Waals surface area contributed by atoms with Gasteiger partial charge in [-0.05, 0) is 106 Å². The van der Waals surface area contributed by atoms with E-state index in [0.717, 1.165) is 50.4 Å². The lowest BCUT2D eigenvalue weighted by molar-refractivity contribution is -0.166. The Kier molecular flexibility index (Phi) is 6.55. The molecule has 3 heteroatoms. The summed E-state index contributed by atoms with van der Waals surface area (Å²) >= 11 is 0. The zero-order valence-corrected chi connectivity index (χ0v) is 21.4. The average Bonchev–Trinajstić information content (AvgIpc) is 3.14. The van der Waals surface area contributed by atoms with Crippen LogP contribution in [0.3, 0.4) is 0 Å². The Bertz CT molecular complexity index is 790. The second-order valence-electron chi connectivity index (χ2n) is 12.9. The lowest BCUT2D eigenvalue weighted by Gasteiger charge is -2.57. The van der Waals surface area contributed by atoms with Crippen molar-refractivity contribution in [1.82, 2.24) is 0 Å². The number of ketones is 1. The highest BCUT2D eigenvalue weighted by Crippen LogP contribution is 2.65. The van der Waals surface area contributed by atoms with Crippen molar-refractivity contribution in [2.24, 2.45) is 40.4 Å². The van der Waals surface area contributed by atoms with Crippen molar-refractivity contribution in [1.29, 1.82) is 0 Å². The molecule has 6 unspecified atom stereocenters. The molecule has 6 atom stereocenters. The topological polar surface area (TPSA) is 43.4 Å². The molecule has 0 aliphatic heterocycles. The fourth-order valence-electron chi connectivity index (χ4n) is 9.12. The van der Waals surface area contributed by atoms with Crippen LogP contribution in [0.4, 0.5) is 0 Å². The normalized spacial score (nSPS) is 44.9. The number of ether oxygens (including phenoxy) is 1. The van der Waals surface area contributed by atoms with Crippen LogP contribution in [0.1, 0.15) is 117 Å². The number of fused-ring (bicyclic) bond motifs is 5. The van der Waals surface area contributed by atoms with Gasteiger partial charge >= 0.3 is 5.97 Å². The van der Waals surface area contributed by atoms with Gasteiger partial charge in [0.25, 0.3) is 0 Å². The molecule has 4 fully saturated rings. The first-order chi connectivity index (χ1) is 15.8. The summed E-state index contributed by atoms with van der Waals surface area (Å²) in [6.45, 7) is 7.16. The predicted octanol–water partition coefficient (Wildman–Crippen LogP) is 7.43. The third-order valence-electron chi connectivity index (χ3n) is 11.3. The molecule has 0 aromatic carbocycles. The summed E-state index contributed by atoms with van der Waals surface area (Å²) in [5, 5.41) is 0. The second kappa shape index (κ2) is 9.15. The molecule has 5 aliphatic carbocycles. The Morgan fingerprint density at radius 2 is 1.76 bits per heavy atom. The summed E-state index contributed by atoms with van der Waals surface area (Å²) in [7, 11) is 0. The van der Waals surface area contributed by atoms with Gasteiger partial charge in [-0.3, -0.25) is 9.59 Å². The maximum absolute atomic E-state index is 13.2. The maximum Gasteiger partial charge on any atom is 0.309 e. The smallest absolute Gasteiger partial charge is 0.309 e. The lowest BCUT2D eigenvalue weighted by atomic mass is 9.47. The monoisotopic (exact) mass is 454 g/mol. The third-order valence-corrected chi connectivity index (χ3v) is 11.3. The third kappa shape index (κ3) is 4.14. The van der Waals surface area contributed by atoms with Crippen LogP contribution in [0.5, 0.6) is 0 Å². The summed E-state index contributed by atoms with van der Waals surface area (Å²) in [4.78, 5) is 25.3. The van der Waals surface area contributed by atoms with Crippen LogP contribution in [0.25, 0.3) is 0 Å². The molecule has 0 amide bonds. The summed E-state index contributed by atoms with van der Waals surface area (Å²) < 4.78 is 6.37. The Balaban J connectivity index is 1.22. The summed E-state index contributed by atoms with van der Waals surface area (Å²) in [5.41, 5.74) is 1.82. The van der Waals surface area contributed by atoms with Crippen molar-refractivity contribution in [2.45, 2.75) is 123 Å². The van der Waals surface area contributed by atoms with Crippen LogP contribution >= 0.6 is 0 Å². The van der Waals surface area contributed by atoms with Crippen molar-refractivity contribution in [2.75, 3.05) is 0 Å². The van der Waals surface area contributed by atoms with Crippen LogP contribution < -0.4 is 0 Å². The van der Waals surface area contributed by atoms with Crippen LogP contribution in [-0.4, -0.2) is 17.9 Å². The van der Waals surface area contributed by atoms with E-state index in [4.69, 9.17) is 4.74 Å². The van der Waals surface area contributed by atoms with Gasteiger partial charge in [0, 0.05) is 11.8 Å². The molecule has 0 heterocycles. The molecule has 3 nitrogen and oxygen atoms in total. The van der Waals surface area contributed by atoms with Crippen molar-refractivity contribution in [3.05, 3.63) is 11.6 Å². The molecule has 5 rings (SSSR count). The van der Waals surface area contributed by atoms with E-state index in [1.165, 1.54) is 63.4 Å². The van der Waals surface area contributed by atoms with E-state index >= 15 is 0 Å². The van der Waals surface area contributed by atoms with Gasteiger partial charge in [0.1, 0.15) is 6.10 Å². The number of carbonyl (C=O) groups excluding carboxylic acids is 2. The highest BCUT2D eigenvalue weighted by atomic mass is 16.5. The molecule has 0 radical (unpaired) electrons. The molecule has 5 aliphatic rings. The molecule has 0 bridgehead atoms. The minimum atomic E-state index is 0.115. The highest BCUT2D eigenvalue weighted by Gasteiger charge is 2.60. The minimum Gasteiger partial charge on any atom is -0.462 e. The van der Waals surface area contributed by atoms with E-state index in [0.29, 0.717) is 17.6 Å². The Hall–Kier alpha value is -1.12. The summed E-state index contributed by atoms with van der Waals surface area (Å²) in [6, 6.07) is 0. The van der Waals surface area contributed by atoms with Crippen LogP contribution in [0.2, 0.25) is 0 Å². The quantitative estimate of drug-likeness (QED) is 0.406. The SMILES string of the molecule is CCCCC1CCC(C(=O)OC2CCC3C4CCC5=CC(=O)CCC5(C)C4CCC23C)CC1. The lowest BCUT2D eigenvalue weighted by Crippen LogP contribution is -2.51. The average molecular weight is 455 g/mol. The standard InChI is InChI=1S/C30H46O3/c1-4-5-6-20-7-9-21(10-8-20)28(32)33-27-14-13-25-24-12-11-22-19-23(31)15-17-29(22,2)26(24)16-18-30(25,27)3/h19-21,24-27H,4-18H2,1-3H3. The fourth-order valence-corrected chi connectivity index (χ4v) is 9.12. The van der Waals surface area contributed by atoms with E-state index in [1.807, 2.05) is 6.08 Å². The maximum atomic E-state index is 13.2. The first-order valence-electron chi connectivity index (χ1n) is 14.3. The number of allylic oxidation sites excluding steroid dienone is 1. The van der Waals surface area contributed by atoms with Gasteiger partial charge in [0.2, 0.25) is 0 Å². The summed E-state index contributed by atoms with van der Waals surface area (Å²) in [6.07, 6.45) is 19.3. The first kappa shape index (κ1) is 23.6. The molecule has 0 aromatic rings. The zero-order valence-electron chi connectivity index (χ0n) is 21.4. The molecular weight excluding hydrogens is 408 g/mol. The van der Waals surface area contributed by atoms with Gasteiger partial charge in [-0.1, -0.05) is 45.6 Å². The van der Waals surface area contributed by atoms with E-state index in [9.17, 15) is 9.59 Å². The van der Waals surface area contributed by atoms with Gasteiger partial charge in [-0.2, -0.15) is 0 Å². The minimum absolute atomic E-state index is 0.115. The number of hydrogen-bond acceptors (Lipinski definition) is 3. The van der Waals surface area contributed by atoms with Crippen LogP contribution in [0, 0.1) is 40.4 Å². The van der Waals surface area contributed by atoms with Crippen molar-refractivity contribution >= 4 is 11.8 Å². The number of esters is 1. The molecule has 0 aromatic heterocycles. The van der Waals surface area contributed by atoms with Crippen molar-refractivity contribution in [3.8, 4) is 0 Å². The zero-order chi connectivity index (χ0) is 23.2. The van der Waals surface area contributed by atoms with Crippen molar-refractivity contribution < 1.29 is 14.3 Å². The van der Waals surface area contributed by atoms with Crippen molar-refractivity contribution in [3.63, 3.8) is 0 Å². The number of hydrogen-bond donors (Lipinski definition) is 0. The number of unbranched alkanes of at least 4 members (excludes halogenated alkanes) is 1. The molecule has 33 heavy (non-hydrogen) atoms. The van der Waals surface area contributed by atoms with E-state index in [-0.39, 0.29) is 28.8 Å². The van der Waals surface area contributed by atoms with Gasteiger partial charge in [0.15, 0.2) is 5.78 Å². The molecule has 0 spiro atoms. The molecular formula is C30H46O3. The van der Waals surface area contributed by atoms with E-state index in [1.54, 1.807) is 0 Å². The van der Waals surface area contributed by atoms with Gasteiger partial charge in [-0.25, -0.2) is 0 Å². The number of carbonyl (C=O) groups is 2. The highest BCUT2D eigenvalue weighted by molar-refractivity contribution is 5.91. The molecule has 0 N–H and O–H groups in total. The second-order valence-corrected chi connectivity index (χ2v) is 12.9. The van der Waals surface area contributed by atoms with Crippen LogP contribution in [0.15, 0.2) is 11.6 Å². The first-order valence-corrected chi connectivity index (χ1v) is 14.3. The Labute approximate surface area is 201 Å². The fraction of sp³-hybridized carbons (Fsp3) is 0.867. The van der Waals surface area contributed by atoms with Gasteiger partial charge < -0.3 is 4.74 Å².